The number of aromatic nitrogens is 5. The van der Waals surface area contributed by atoms with Gasteiger partial charge in [-0.2, -0.15) is 9.78 Å². The summed E-state index contributed by atoms with van der Waals surface area (Å²) in [7, 11) is 0. The van der Waals surface area contributed by atoms with E-state index in [9.17, 15) is 9.90 Å². The molecule has 1 saturated heterocycles. The lowest BCUT2D eigenvalue weighted by Gasteiger charge is -2.26. The van der Waals surface area contributed by atoms with Crippen LogP contribution in [0.3, 0.4) is 0 Å². The summed E-state index contributed by atoms with van der Waals surface area (Å²) in [4.78, 5) is 15.0. The van der Waals surface area contributed by atoms with Gasteiger partial charge in [-0.15, -0.1) is 5.10 Å². The maximum absolute atomic E-state index is 12.8. The van der Waals surface area contributed by atoms with Crippen molar-refractivity contribution < 1.29 is 14.5 Å². The molecule has 1 amide bonds. The fourth-order valence-corrected chi connectivity index (χ4v) is 3.68. The minimum absolute atomic E-state index is 0.0342. The van der Waals surface area contributed by atoms with E-state index in [2.05, 4.69) is 56.6 Å². The third-order valence-electron chi connectivity index (χ3n) is 4.86. The fraction of sp³-hybridized carbons (Fsp3) is 0.333. The number of nitrogens with zero attached hydrogens (tertiary/aromatic N) is 7. The summed E-state index contributed by atoms with van der Waals surface area (Å²) in [6, 6.07) is 4.89. The van der Waals surface area contributed by atoms with Gasteiger partial charge < -0.3 is 10.8 Å². The molecule has 0 atom stereocenters. The number of carbonyl (C=O) groups is 1. The molecule has 3 heterocycles. The van der Waals surface area contributed by atoms with E-state index in [0.717, 1.165) is 30.4 Å². The van der Waals surface area contributed by atoms with Crippen molar-refractivity contribution in [1.82, 2.24) is 35.6 Å². The van der Waals surface area contributed by atoms with Crippen molar-refractivity contribution in [3.8, 4) is 11.6 Å². The molecule has 162 valence electrons. The predicted molar refractivity (Wildman–Crippen MR) is 114 cm³/mol. The lowest BCUT2D eigenvalue weighted by Crippen LogP contribution is -2.31. The number of hydrazone groups is 1. The Balaban J connectivity index is 1.58. The molecule has 0 saturated carbocycles. The number of phenols is 1. The van der Waals surface area contributed by atoms with Crippen LogP contribution >= 0.6 is 15.9 Å². The van der Waals surface area contributed by atoms with Gasteiger partial charge in [0.25, 0.3) is 5.91 Å². The molecule has 0 unspecified atom stereocenters. The third-order valence-corrected chi connectivity index (χ3v) is 5.35. The second-order valence-electron chi connectivity index (χ2n) is 7.01. The molecule has 13 heteroatoms. The van der Waals surface area contributed by atoms with Crippen LogP contribution in [0.1, 0.15) is 41.0 Å². The molecule has 12 nitrogen and oxygen atoms in total. The zero-order valence-electron chi connectivity index (χ0n) is 16.4. The van der Waals surface area contributed by atoms with E-state index in [4.69, 9.17) is 5.73 Å². The van der Waals surface area contributed by atoms with Gasteiger partial charge in [0.15, 0.2) is 5.69 Å². The highest BCUT2D eigenvalue weighted by Crippen LogP contribution is 2.21. The molecule has 0 bridgehead atoms. The SMILES string of the molecule is Nc1nonc1-n1nnc(C(=O)N/N=C\c2cc(Br)ccc2O)c1CN1CCCCC1. The highest BCUT2D eigenvalue weighted by Gasteiger charge is 2.26. The van der Waals surface area contributed by atoms with Crippen molar-refractivity contribution in [2.75, 3.05) is 18.8 Å². The molecule has 4 rings (SSSR count). The molecule has 0 radical (unpaired) electrons. The van der Waals surface area contributed by atoms with Crippen LogP contribution in [-0.4, -0.2) is 60.5 Å². The first-order valence-corrected chi connectivity index (χ1v) is 10.4. The quantitative estimate of drug-likeness (QED) is 0.343. The summed E-state index contributed by atoms with van der Waals surface area (Å²) in [5.74, 6) is -0.313. The Morgan fingerprint density at radius 2 is 2.13 bits per heavy atom. The van der Waals surface area contributed by atoms with Crippen molar-refractivity contribution in [3.05, 3.63) is 39.6 Å². The van der Waals surface area contributed by atoms with Crippen molar-refractivity contribution in [3.63, 3.8) is 0 Å². The topological polar surface area (TPSA) is 161 Å². The highest BCUT2D eigenvalue weighted by atomic mass is 79.9. The van der Waals surface area contributed by atoms with E-state index in [0.29, 0.717) is 17.8 Å². The molecule has 1 aromatic carbocycles. The number of hydrogen-bond acceptors (Lipinski definition) is 10. The standard InChI is InChI=1S/C18H20BrN9O3/c19-12-4-5-14(29)11(8-12)9-21-23-18(30)15-13(10-27-6-2-1-3-7-27)28(26-22-15)17-16(20)24-31-25-17/h4-5,8-9,29H,1-3,6-7,10H2,(H2,20,24)(H,23,30)/b21-9-. The normalized spacial score (nSPS) is 14.9. The Morgan fingerprint density at radius 1 is 1.32 bits per heavy atom. The van der Waals surface area contributed by atoms with E-state index < -0.39 is 5.91 Å². The van der Waals surface area contributed by atoms with Gasteiger partial charge in [-0.25, -0.2) is 10.1 Å². The lowest BCUT2D eigenvalue weighted by molar-refractivity contribution is 0.0947. The highest BCUT2D eigenvalue weighted by molar-refractivity contribution is 9.10. The van der Waals surface area contributed by atoms with E-state index >= 15 is 0 Å². The fourth-order valence-electron chi connectivity index (χ4n) is 3.30. The predicted octanol–water partition coefficient (Wildman–Crippen LogP) is 1.45. The lowest BCUT2D eigenvalue weighted by atomic mass is 10.1. The van der Waals surface area contributed by atoms with Crippen LogP contribution in [0.4, 0.5) is 5.82 Å². The number of hydrogen-bond donors (Lipinski definition) is 3. The van der Waals surface area contributed by atoms with Crippen LogP contribution in [0.2, 0.25) is 0 Å². The van der Waals surface area contributed by atoms with Crippen molar-refractivity contribution in [2.45, 2.75) is 25.8 Å². The van der Waals surface area contributed by atoms with Gasteiger partial charge in [-0.3, -0.25) is 9.69 Å². The number of nitrogens with one attached hydrogen (secondary N) is 1. The van der Waals surface area contributed by atoms with E-state index in [1.165, 1.54) is 23.4 Å². The Hall–Kier alpha value is -3.32. The van der Waals surface area contributed by atoms with Crippen LogP contribution < -0.4 is 11.2 Å². The zero-order chi connectivity index (χ0) is 21.8. The molecule has 1 aliphatic rings. The summed E-state index contributed by atoms with van der Waals surface area (Å²) in [6.07, 6.45) is 4.68. The smallest absolute Gasteiger partial charge is 0.293 e. The van der Waals surface area contributed by atoms with Gasteiger partial charge in [0.1, 0.15) is 5.75 Å². The first-order valence-electron chi connectivity index (χ1n) is 9.60. The third kappa shape index (κ3) is 4.72. The number of nitrogen functional groups attached to an aromatic ring is 1. The number of halogens is 1. The summed E-state index contributed by atoms with van der Waals surface area (Å²) in [5, 5.41) is 29.2. The minimum atomic E-state index is -0.556. The van der Waals surface area contributed by atoms with Gasteiger partial charge in [0.05, 0.1) is 11.9 Å². The first kappa shape index (κ1) is 20.9. The molecule has 1 aliphatic heterocycles. The van der Waals surface area contributed by atoms with Gasteiger partial charge in [0.2, 0.25) is 11.6 Å². The van der Waals surface area contributed by atoms with Crippen LogP contribution in [0.15, 0.2) is 32.4 Å². The average molecular weight is 490 g/mol. The molecule has 0 aliphatic carbocycles. The Bertz CT molecular complexity index is 1100. The largest absolute Gasteiger partial charge is 0.507 e. The zero-order valence-corrected chi connectivity index (χ0v) is 18.0. The number of phenolic OH excluding ortho intramolecular Hbond substituents is 1. The number of nitrogens with two attached hydrogens (primary N) is 1. The van der Waals surface area contributed by atoms with Crippen LogP contribution in [0.5, 0.6) is 5.75 Å². The van der Waals surface area contributed by atoms with Crippen molar-refractivity contribution in [2.24, 2.45) is 5.10 Å². The maximum Gasteiger partial charge on any atom is 0.293 e. The monoisotopic (exact) mass is 489 g/mol. The van der Waals surface area contributed by atoms with Crippen molar-refractivity contribution in [1.29, 1.82) is 0 Å². The van der Waals surface area contributed by atoms with E-state index in [1.54, 1.807) is 12.1 Å². The van der Waals surface area contributed by atoms with E-state index in [1.807, 2.05) is 0 Å². The number of benzene rings is 1. The number of rotatable bonds is 6. The van der Waals surface area contributed by atoms with Crippen molar-refractivity contribution >= 4 is 33.9 Å². The Kier molecular flexibility index (Phi) is 6.23. The number of likely N-dealkylation sites (tertiary alicyclic amines) is 1. The number of amides is 1. The second-order valence-corrected chi connectivity index (χ2v) is 7.92. The summed E-state index contributed by atoms with van der Waals surface area (Å²) in [6.45, 7) is 2.23. The van der Waals surface area contributed by atoms with Crippen LogP contribution in [-0.2, 0) is 6.54 Å². The maximum atomic E-state index is 12.8. The minimum Gasteiger partial charge on any atom is -0.507 e. The van der Waals surface area contributed by atoms with Crippen LogP contribution in [0, 0.1) is 0 Å². The molecule has 31 heavy (non-hydrogen) atoms. The summed E-state index contributed by atoms with van der Waals surface area (Å²) >= 11 is 3.32. The van der Waals surface area contributed by atoms with Crippen LogP contribution in [0.25, 0.3) is 5.82 Å². The number of aromatic hydroxyl groups is 1. The molecule has 2 aromatic heterocycles. The summed E-state index contributed by atoms with van der Waals surface area (Å²) in [5.41, 5.74) is 9.26. The second kappa shape index (κ2) is 9.22. The van der Waals surface area contributed by atoms with Gasteiger partial charge in [-0.1, -0.05) is 27.6 Å². The molecular weight excluding hydrogens is 470 g/mol. The first-order chi connectivity index (χ1) is 15.0. The Morgan fingerprint density at radius 3 is 2.87 bits per heavy atom. The number of anilines is 1. The molecule has 0 spiro atoms. The molecule has 1 fully saturated rings. The number of piperidine rings is 1. The molecular formula is C18H20BrN9O3. The number of carbonyl (C=O) groups excluding carboxylic acids is 1. The van der Waals surface area contributed by atoms with Gasteiger partial charge >= 0.3 is 0 Å². The Labute approximate surface area is 185 Å². The summed E-state index contributed by atoms with van der Waals surface area (Å²) < 4.78 is 6.80. The van der Waals surface area contributed by atoms with E-state index in [-0.39, 0.29) is 23.1 Å². The van der Waals surface area contributed by atoms with Gasteiger partial charge in [0, 0.05) is 16.6 Å². The van der Waals surface area contributed by atoms with Gasteiger partial charge in [-0.05, 0) is 54.4 Å². The average Bonchev–Trinajstić information content (AvgIpc) is 3.37. The molecule has 4 N–H and O–H groups in total. The molecule has 3 aromatic rings.